The first-order valence-corrected chi connectivity index (χ1v) is 6.65. The van der Waals surface area contributed by atoms with Crippen LogP contribution in [0.3, 0.4) is 0 Å². The average molecular weight is 224 g/mol. The summed E-state index contributed by atoms with van der Waals surface area (Å²) in [4.78, 5) is 13.9. The molecule has 3 heteroatoms. The van der Waals surface area contributed by atoms with Crippen LogP contribution in [-0.4, -0.2) is 37.0 Å². The lowest BCUT2D eigenvalue weighted by Crippen LogP contribution is -2.45. The van der Waals surface area contributed by atoms with Gasteiger partial charge < -0.3 is 10.2 Å². The summed E-state index contributed by atoms with van der Waals surface area (Å²) in [6, 6.07) is 0. The van der Waals surface area contributed by atoms with Crippen LogP contribution in [0.25, 0.3) is 0 Å². The van der Waals surface area contributed by atoms with Gasteiger partial charge in [-0.3, -0.25) is 4.79 Å². The van der Waals surface area contributed by atoms with Crippen LogP contribution < -0.4 is 5.32 Å². The molecule has 3 nitrogen and oxygen atoms in total. The number of nitrogens with one attached hydrogen (secondary N) is 1. The SMILES string of the molecule is CC1CCN(C(=O)CNCC2CC2)CC1C. The summed E-state index contributed by atoms with van der Waals surface area (Å²) in [6.07, 6.45) is 3.86. The third-order valence-electron chi connectivity index (χ3n) is 4.09. The molecule has 0 aromatic carbocycles. The van der Waals surface area contributed by atoms with E-state index in [1.807, 2.05) is 4.90 Å². The molecule has 0 bridgehead atoms. The van der Waals surface area contributed by atoms with E-state index in [0.29, 0.717) is 18.4 Å². The van der Waals surface area contributed by atoms with E-state index >= 15 is 0 Å². The summed E-state index contributed by atoms with van der Waals surface area (Å²) in [5, 5.41) is 3.28. The Bertz CT molecular complexity index is 250. The first kappa shape index (κ1) is 11.9. The van der Waals surface area contributed by atoms with Gasteiger partial charge in [-0.05, 0) is 43.6 Å². The second kappa shape index (κ2) is 5.17. The molecule has 2 aliphatic rings. The van der Waals surface area contributed by atoms with E-state index in [1.165, 1.54) is 12.8 Å². The number of hydrogen-bond acceptors (Lipinski definition) is 2. The maximum atomic E-state index is 11.9. The van der Waals surface area contributed by atoms with Gasteiger partial charge in [-0.15, -0.1) is 0 Å². The fraction of sp³-hybridized carbons (Fsp3) is 0.923. The molecule has 2 rings (SSSR count). The molecule has 16 heavy (non-hydrogen) atoms. The minimum atomic E-state index is 0.291. The highest BCUT2D eigenvalue weighted by Gasteiger charge is 2.26. The van der Waals surface area contributed by atoms with Crippen molar-refractivity contribution >= 4 is 5.91 Å². The maximum absolute atomic E-state index is 11.9. The van der Waals surface area contributed by atoms with Crippen molar-refractivity contribution in [3.8, 4) is 0 Å². The van der Waals surface area contributed by atoms with Gasteiger partial charge in [0.1, 0.15) is 0 Å². The summed E-state index contributed by atoms with van der Waals surface area (Å²) >= 11 is 0. The smallest absolute Gasteiger partial charge is 0.236 e. The topological polar surface area (TPSA) is 32.3 Å². The number of amides is 1. The Hall–Kier alpha value is -0.570. The molecule has 1 saturated heterocycles. The minimum Gasteiger partial charge on any atom is -0.341 e. The predicted octanol–water partition coefficient (Wildman–Crippen LogP) is 1.49. The van der Waals surface area contributed by atoms with Gasteiger partial charge in [-0.25, -0.2) is 0 Å². The van der Waals surface area contributed by atoms with Gasteiger partial charge in [0.25, 0.3) is 0 Å². The second-order valence-corrected chi connectivity index (χ2v) is 5.66. The Balaban J connectivity index is 1.67. The molecule has 1 aliphatic carbocycles. The van der Waals surface area contributed by atoms with Crippen molar-refractivity contribution in [2.45, 2.75) is 33.1 Å². The summed E-state index contributed by atoms with van der Waals surface area (Å²) in [6.45, 7) is 8.02. The number of likely N-dealkylation sites (tertiary alicyclic amines) is 1. The van der Waals surface area contributed by atoms with E-state index in [1.54, 1.807) is 0 Å². The molecule has 2 unspecified atom stereocenters. The lowest BCUT2D eigenvalue weighted by molar-refractivity contribution is -0.132. The highest BCUT2D eigenvalue weighted by atomic mass is 16.2. The molecular formula is C13H24N2O. The quantitative estimate of drug-likeness (QED) is 0.784. The molecule has 0 aromatic rings. The van der Waals surface area contributed by atoms with Gasteiger partial charge in [-0.1, -0.05) is 13.8 Å². The lowest BCUT2D eigenvalue weighted by atomic mass is 9.89. The van der Waals surface area contributed by atoms with E-state index in [0.717, 1.165) is 37.9 Å². The van der Waals surface area contributed by atoms with E-state index in [-0.39, 0.29) is 0 Å². The molecule has 1 N–H and O–H groups in total. The normalized spacial score (nSPS) is 30.5. The van der Waals surface area contributed by atoms with E-state index in [2.05, 4.69) is 19.2 Å². The molecule has 2 fully saturated rings. The van der Waals surface area contributed by atoms with Crippen LogP contribution in [0, 0.1) is 17.8 Å². The first-order valence-electron chi connectivity index (χ1n) is 6.65. The number of carbonyl (C=O) groups excluding carboxylic acids is 1. The van der Waals surface area contributed by atoms with E-state index in [9.17, 15) is 4.79 Å². The molecule has 2 atom stereocenters. The minimum absolute atomic E-state index is 0.291. The van der Waals surface area contributed by atoms with Gasteiger partial charge in [0.15, 0.2) is 0 Å². The Labute approximate surface area is 98.6 Å². The van der Waals surface area contributed by atoms with Crippen molar-refractivity contribution in [2.75, 3.05) is 26.2 Å². The zero-order chi connectivity index (χ0) is 11.5. The fourth-order valence-electron chi connectivity index (χ4n) is 2.31. The average Bonchev–Trinajstić information content (AvgIpc) is 3.06. The van der Waals surface area contributed by atoms with Crippen LogP contribution in [-0.2, 0) is 4.79 Å². The van der Waals surface area contributed by atoms with Gasteiger partial charge in [-0.2, -0.15) is 0 Å². The third-order valence-corrected chi connectivity index (χ3v) is 4.09. The number of carbonyl (C=O) groups is 1. The van der Waals surface area contributed by atoms with Crippen LogP contribution in [0.2, 0.25) is 0 Å². The standard InChI is InChI=1S/C13H24N2O/c1-10-5-6-15(9-11(10)2)13(16)8-14-7-12-3-4-12/h10-12,14H,3-9H2,1-2H3. The van der Waals surface area contributed by atoms with Crippen LogP contribution >= 0.6 is 0 Å². The van der Waals surface area contributed by atoms with Crippen molar-refractivity contribution in [3.63, 3.8) is 0 Å². The van der Waals surface area contributed by atoms with Gasteiger partial charge in [0.2, 0.25) is 5.91 Å². The lowest BCUT2D eigenvalue weighted by Gasteiger charge is -2.35. The largest absolute Gasteiger partial charge is 0.341 e. The van der Waals surface area contributed by atoms with Crippen LogP contribution in [0.15, 0.2) is 0 Å². The summed E-state index contributed by atoms with van der Waals surface area (Å²) in [5.41, 5.74) is 0. The molecule has 1 aliphatic heterocycles. The third kappa shape index (κ3) is 3.21. The molecular weight excluding hydrogens is 200 g/mol. The van der Waals surface area contributed by atoms with Crippen molar-refractivity contribution in [1.29, 1.82) is 0 Å². The predicted molar refractivity (Wildman–Crippen MR) is 65.1 cm³/mol. The van der Waals surface area contributed by atoms with E-state index < -0.39 is 0 Å². The van der Waals surface area contributed by atoms with Crippen molar-refractivity contribution < 1.29 is 4.79 Å². The van der Waals surface area contributed by atoms with Crippen LogP contribution in [0.4, 0.5) is 0 Å². The highest BCUT2D eigenvalue weighted by molar-refractivity contribution is 5.78. The number of nitrogens with zero attached hydrogens (tertiary/aromatic N) is 1. The fourth-order valence-corrected chi connectivity index (χ4v) is 2.31. The summed E-state index contributed by atoms with van der Waals surface area (Å²) in [5.74, 6) is 2.57. The highest BCUT2D eigenvalue weighted by Crippen LogP contribution is 2.27. The van der Waals surface area contributed by atoms with E-state index in [4.69, 9.17) is 0 Å². The number of rotatable bonds is 4. The summed E-state index contributed by atoms with van der Waals surface area (Å²) < 4.78 is 0. The van der Waals surface area contributed by atoms with Gasteiger partial charge in [0, 0.05) is 13.1 Å². The molecule has 0 spiro atoms. The van der Waals surface area contributed by atoms with Gasteiger partial charge >= 0.3 is 0 Å². The molecule has 0 radical (unpaired) electrons. The Kier molecular flexibility index (Phi) is 3.85. The number of hydrogen-bond donors (Lipinski definition) is 1. The van der Waals surface area contributed by atoms with Crippen molar-refractivity contribution in [1.82, 2.24) is 10.2 Å². The molecule has 1 heterocycles. The van der Waals surface area contributed by atoms with Crippen molar-refractivity contribution in [3.05, 3.63) is 0 Å². The number of piperidine rings is 1. The van der Waals surface area contributed by atoms with Crippen molar-refractivity contribution in [2.24, 2.45) is 17.8 Å². The molecule has 0 aromatic heterocycles. The Morgan fingerprint density at radius 3 is 2.62 bits per heavy atom. The Morgan fingerprint density at radius 1 is 1.25 bits per heavy atom. The summed E-state index contributed by atoms with van der Waals surface area (Å²) in [7, 11) is 0. The van der Waals surface area contributed by atoms with Crippen LogP contribution in [0.1, 0.15) is 33.1 Å². The van der Waals surface area contributed by atoms with Crippen LogP contribution in [0.5, 0.6) is 0 Å². The molecule has 92 valence electrons. The molecule has 1 amide bonds. The molecule has 1 saturated carbocycles. The van der Waals surface area contributed by atoms with Gasteiger partial charge in [0.05, 0.1) is 6.54 Å². The Morgan fingerprint density at radius 2 is 2.00 bits per heavy atom. The first-order chi connectivity index (χ1) is 7.66. The zero-order valence-corrected chi connectivity index (χ0v) is 10.5. The monoisotopic (exact) mass is 224 g/mol. The second-order valence-electron chi connectivity index (χ2n) is 5.66. The zero-order valence-electron chi connectivity index (χ0n) is 10.5. The maximum Gasteiger partial charge on any atom is 0.236 e.